The summed E-state index contributed by atoms with van der Waals surface area (Å²) in [5.74, 6) is 0. The van der Waals surface area contributed by atoms with Gasteiger partial charge >= 0.3 is 0 Å². The van der Waals surface area contributed by atoms with Gasteiger partial charge in [0.2, 0.25) is 0 Å². The molecule has 1 unspecified atom stereocenters. The fourth-order valence-electron chi connectivity index (χ4n) is 0.973. The monoisotopic (exact) mass is 187 g/mol. The maximum atomic E-state index is 5.66. The zero-order valence-corrected chi connectivity index (χ0v) is 9.81. The summed E-state index contributed by atoms with van der Waals surface area (Å²) >= 11 is 0. The van der Waals surface area contributed by atoms with E-state index in [0.29, 0.717) is 11.5 Å². The third-order valence-electron chi connectivity index (χ3n) is 1.94. The Kier molecular flexibility index (Phi) is 6.35. The molecule has 0 spiro atoms. The van der Waals surface area contributed by atoms with Crippen molar-refractivity contribution in [3.63, 3.8) is 0 Å². The van der Waals surface area contributed by atoms with Gasteiger partial charge in [0.05, 0.1) is 6.10 Å². The molecule has 0 aliphatic rings. The molecular formula is C11H25NO. The number of likely N-dealkylation sites (N-methyl/N-ethyl adjacent to an activating group) is 1. The molecule has 2 nitrogen and oxygen atoms in total. The summed E-state index contributed by atoms with van der Waals surface area (Å²) in [7, 11) is 0. The van der Waals surface area contributed by atoms with Crippen LogP contribution in [0.5, 0.6) is 0 Å². The molecule has 0 saturated heterocycles. The van der Waals surface area contributed by atoms with Gasteiger partial charge in [-0.05, 0) is 25.3 Å². The standard InChI is InChI=1S/C11H25NO/c1-6-12-9-10(2)13-8-7-11(3,4)5/h10,12H,6-9H2,1-5H3. The lowest BCUT2D eigenvalue weighted by atomic mass is 9.93. The lowest BCUT2D eigenvalue weighted by molar-refractivity contribution is 0.0496. The van der Waals surface area contributed by atoms with Crippen molar-refractivity contribution >= 4 is 0 Å². The topological polar surface area (TPSA) is 21.3 Å². The highest BCUT2D eigenvalue weighted by Crippen LogP contribution is 2.18. The molecule has 0 aromatic heterocycles. The minimum Gasteiger partial charge on any atom is -0.377 e. The van der Waals surface area contributed by atoms with Gasteiger partial charge < -0.3 is 10.1 Å². The van der Waals surface area contributed by atoms with Gasteiger partial charge in [-0.15, -0.1) is 0 Å². The minimum atomic E-state index is 0.335. The third-order valence-corrected chi connectivity index (χ3v) is 1.94. The molecule has 0 aromatic rings. The number of ether oxygens (including phenoxy) is 1. The van der Waals surface area contributed by atoms with Crippen LogP contribution >= 0.6 is 0 Å². The Morgan fingerprint density at radius 1 is 1.31 bits per heavy atom. The van der Waals surface area contributed by atoms with Gasteiger partial charge in [-0.3, -0.25) is 0 Å². The Bertz CT molecular complexity index is 118. The van der Waals surface area contributed by atoms with Crippen LogP contribution in [0.3, 0.4) is 0 Å². The smallest absolute Gasteiger partial charge is 0.0671 e. The molecule has 0 amide bonds. The second-order valence-corrected chi connectivity index (χ2v) is 4.80. The molecule has 13 heavy (non-hydrogen) atoms. The van der Waals surface area contributed by atoms with Gasteiger partial charge in [0.1, 0.15) is 0 Å². The van der Waals surface area contributed by atoms with Crippen molar-refractivity contribution in [1.82, 2.24) is 5.32 Å². The lowest BCUT2D eigenvalue weighted by Crippen LogP contribution is -2.27. The van der Waals surface area contributed by atoms with E-state index in [1.165, 1.54) is 0 Å². The summed E-state index contributed by atoms with van der Waals surface area (Å²) in [4.78, 5) is 0. The van der Waals surface area contributed by atoms with E-state index in [2.05, 4.69) is 39.9 Å². The van der Waals surface area contributed by atoms with Crippen LogP contribution in [-0.2, 0) is 4.74 Å². The van der Waals surface area contributed by atoms with Crippen molar-refractivity contribution in [3.05, 3.63) is 0 Å². The Hall–Kier alpha value is -0.0800. The quantitative estimate of drug-likeness (QED) is 0.689. The molecule has 2 heteroatoms. The second-order valence-electron chi connectivity index (χ2n) is 4.80. The van der Waals surface area contributed by atoms with Crippen molar-refractivity contribution in [1.29, 1.82) is 0 Å². The normalized spacial score (nSPS) is 14.5. The summed E-state index contributed by atoms with van der Waals surface area (Å²) in [6.07, 6.45) is 1.46. The van der Waals surface area contributed by atoms with Crippen LogP contribution in [-0.4, -0.2) is 25.8 Å². The van der Waals surface area contributed by atoms with Crippen LogP contribution in [0.4, 0.5) is 0 Å². The lowest BCUT2D eigenvalue weighted by Gasteiger charge is -2.20. The highest BCUT2D eigenvalue weighted by Gasteiger charge is 2.10. The molecule has 0 aliphatic heterocycles. The Morgan fingerprint density at radius 2 is 1.92 bits per heavy atom. The first-order valence-corrected chi connectivity index (χ1v) is 5.28. The van der Waals surface area contributed by atoms with Crippen LogP contribution < -0.4 is 5.32 Å². The van der Waals surface area contributed by atoms with Gasteiger partial charge in [-0.1, -0.05) is 27.7 Å². The van der Waals surface area contributed by atoms with Crippen molar-refractivity contribution in [3.8, 4) is 0 Å². The minimum absolute atomic E-state index is 0.335. The first-order valence-electron chi connectivity index (χ1n) is 5.28. The molecule has 0 heterocycles. The summed E-state index contributed by atoms with van der Waals surface area (Å²) in [5.41, 5.74) is 0.387. The molecule has 1 atom stereocenters. The molecule has 0 aliphatic carbocycles. The van der Waals surface area contributed by atoms with Crippen LogP contribution in [0.2, 0.25) is 0 Å². The average molecular weight is 187 g/mol. The zero-order valence-electron chi connectivity index (χ0n) is 9.81. The van der Waals surface area contributed by atoms with E-state index < -0.39 is 0 Å². The molecule has 1 N–H and O–H groups in total. The van der Waals surface area contributed by atoms with Crippen molar-refractivity contribution in [2.75, 3.05) is 19.7 Å². The van der Waals surface area contributed by atoms with Crippen LogP contribution in [0.15, 0.2) is 0 Å². The largest absolute Gasteiger partial charge is 0.377 e. The molecule has 0 fully saturated rings. The Morgan fingerprint density at radius 3 is 2.38 bits per heavy atom. The molecule has 80 valence electrons. The van der Waals surface area contributed by atoms with Crippen LogP contribution in [0.1, 0.15) is 41.0 Å². The summed E-state index contributed by atoms with van der Waals surface area (Å²) in [5, 5.41) is 3.27. The van der Waals surface area contributed by atoms with Crippen molar-refractivity contribution in [2.45, 2.75) is 47.1 Å². The molecular weight excluding hydrogens is 162 g/mol. The van der Waals surface area contributed by atoms with Crippen molar-refractivity contribution < 1.29 is 4.74 Å². The predicted molar refractivity (Wildman–Crippen MR) is 58.0 cm³/mol. The SMILES string of the molecule is CCNCC(C)OCCC(C)(C)C. The van der Waals surface area contributed by atoms with E-state index in [1.807, 2.05) is 0 Å². The molecule has 0 aromatic carbocycles. The molecule has 0 rings (SSSR count). The van der Waals surface area contributed by atoms with E-state index in [-0.39, 0.29) is 0 Å². The summed E-state index contributed by atoms with van der Waals surface area (Å²) < 4.78 is 5.66. The first-order chi connectivity index (χ1) is 5.95. The average Bonchev–Trinajstić information content (AvgIpc) is 1.98. The maximum absolute atomic E-state index is 5.66. The van der Waals surface area contributed by atoms with E-state index >= 15 is 0 Å². The van der Waals surface area contributed by atoms with Gasteiger partial charge in [0, 0.05) is 13.2 Å². The van der Waals surface area contributed by atoms with Gasteiger partial charge in [-0.25, -0.2) is 0 Å². The zero-order chi connectivity index (χ0) is 10.3. The summed E-state index contributed by atoms with van der Waals surface area (Å²) in [6, 6.07) is 0. The Balaban J connectivity index is 3.31. The van der Waals surface area contributed by atoms with Crippen LogP contribution in [0, 0.1) is 5.41 Å². The third kappa shape index (κ3) is 9.84. The molecule has 0 bridgehead atoms. The highest BCUT2D eigenvalue weighted by atomic mass is 16.5. The highest BCUT2D eigenvalue weighted by molar-refractivity contribution is 4.61. The second kappa shape index (κ2) is 6.39. The van der Waals surface area contributed by atoms with Gasteiger partial charge in [-0.2, -0.15) is 0 Å². The van der Waals surface area contributed by atoms with E-state index in [0.717, 1.165) is 26.1 Å². The van der Waals surface area contributed by atoms with Gasteiger partial charge in [0.25, 0.3) is 0 Å². The number of nitrogens with one attached hydrogen (secondary N) is 1. The number of rotatable bonds is 6. The predicted octanol–water partition coefficient (Wildman–Crippen LogP) is 2.44. The fraction of sp³-hybridized carbons (Fsp3) is 1.00. The van der Waals surface area contributed by atoms with E-state index in [1.54, 1.807) is 0 Å². The van der Waals surface area contributed by atoms with Gasteiger partial charge in [0.15, 0.2) is 0 Å². The maximum Gasteiger partial charge on any atom is 0.0671 e. The van der Waals surface area contributed by atoms with Crippen LogP contribution in [0.25, 0.3) is 0 Å². The fourth-order valence-corrected chi connectivity index (χ4v) is 0.973. The number of hydrogen-bond acceptors (Lipinski definition) is 2. The van der Waals surface area contributed by atoms with E-state index in [9.17, 15) is 0 Å². The van der Waals surface area contributed by atoms with E-state index in [4.69, 9.17) is 4.74 Å². The Labute approximate surface area is 83.1 Å². The number of hydrogen-bond donors (Lipinski definition) is 1. The van der Waals surface area contributed by atoms with Crippen molar-refractivity contribution in [2.24, 2.45) is 5.41 Å². The molecule has 0 saturated carbocycles. The summed E-state index contributed by atoms with van der Waals surface area (Å²) in [6.45, 7) is 13.8. The molecule has 0 radical (unpaired) electrons. The first kappa shape index (κ1) is 12.9.